The number of amides is 2. The zero-order valence-corrected chi connectivity index (χ0v) is 14.0. The van der Waals surface area contributed by atoms with Crippen LogP contribution in [0, 0.1) is 0 Å². The van der Waals surface area contributed by atoms with E-state index in [1.165, 1.54) is 29.2 Å². The molecule has 138 valence electrons. The third-order valence-electron chi connectivity index (χ3n) is 3.50. The highest BCUT2D eigenvalue weighted by Crippen LogP contribution is 2.16. The highest BCUT2D eigenvalue weighted by molar-refractivity contribution is 5.92. The van der Waals surface area contributed by atoms with Crippen LogP contribution in [-0.2, 0) is 11.3 Å². The van der Waals surface area contributed by atoms with Gasteiger partial charge in [-0.15, -0.1) is 0 Å². The number of benzene rings is 2. The summed E-state index contributed by atoms with van der Waals surface area (Å²) in [5.41, 5.74) is 6.25. The molecule has 0 saturated heterocycles. The molecule has 0 bridgehead atoms. The zero-order valence-electron chi connectivity index (χ0n) is 14.0. The van der Waals surface area contributed by atoms with Gasteiger partial charge in [0.1, 0.15) is 11.5 Å². The molecule has 0 aliphatic rings. The van der Waals surface area contributed by atoms with Crippen molar-refractivity contribution in [1.82, 2.24) is 4.90 Å². The van der Waals surface area contributed by atoms with Gasteiger partial charge in [0.05, 0.1) is 0 Å². The third kappa shape index (κ3) is 5.73. The molecule has 8 heteroatoms. The largest absolute Gasteiger partial charge is 0.484 e. The molecular formula is C18H18F2N2O4. The Morgan fingerprint density at radius 1 is 1.04 bits per heavy atom. The molecule has 0 aromatic heterocycles. The lowest BCUT2D eigenvalue weighted by atomic mass is 10.2. The Morgan fingerprint density at radius 3 is 2.15 bits per heavy atom. The van der Waals surface area contributed by atoms with Crippen molar-refractivity contribution in [1.29, 1.82) is 0 Å². The Balaban J connectivity index is 1.84. The molecule has 0 fully saturated rings. The number of primary amides is 1. The van der Waals surface area contributed by atoms with Crippen LogP contribution < -0.4 is 15.2 Å². The second kappa shape index (κ2) is 8.80. The SMILES string of the molecule is CN(Cc1ccc(OC(F)F)cc1)C(=O)COc1ccc(C(N)=O)cc1. The van der Waals surface area contributed by atoms with Crippen molar-refractivity contribution >= 4 is 11.8 Å². The number of halogens is 2. The number of rotatable bonds is 8. The maximum absolute atomic E-state index is 12.1. The molecular weight excluding hydrogens is 346 g/mol. The fourth-order valence-corrected chi connectivity index (χ4v) is 2.11. The maximum Gasteiger partial charge on any atom is 0.387 e. The van der Waals surface area contributed by atoms with Gasteiger partial charge in [0, 0.05) is 19.2 Å². The van der Waals surface area contributed by atoms with Gasteiger partial charge in [0.25, 0.3) is 5.91 Å². The minimum atomic E-state index is -2.88. The van der Waals surface area contributed by atoms with E-state index in [9.17, 15) is 18.4 Å². The fraction of sp³-hybridized carbons (Fsp3) is 0.222. The molecule has 0 radical (unpaired) electrons. The number of likely N-dealkylation sites (N-methyl/N-ethyl adjacent to an activating group) is 1. The average Bonchev–Trinajstić information content (AvgIpc) is 2.61. The van der Waals surface area contributed by atoms with E-state index in [4.69, 9.17) is 10.5 Å². The molecule has 6 nitrogen and oxygen atoms in total. The molecule has 2 rings (SSSR count). The normalized spacial score (nSPS) is 10.5. The summed E-state index contributed by atoms with van der Waals surface area (Å²) in [6.45, 7) is -2.77. The van der Waals surface area contributed by atoms with Gasteiger partial charge in [-0.25, -0.2) is 0 Å². The number of hydrogen-bond acceptors (Lipinski definition) is 4. The van der Waals surface area contributed by atoms with Crippen LogP contribution in [0.2, 0.25) is 0 Å². The summed E-state index contributed by atoms with van der Waals surface area (Å²) in [5.74, 6) is -0.320. The van der Waals surface area contributed by atoms with Gasteiger partial charge in [-0.3, -0.25) is 9.59 Å². The van der Waals surface area contributed by atoms with Gasteiger partial charge in [-0.1, -0.05) is 12.1 Å². The van der Waals surface area contributed by atoms with Crippen LogP contribution in [0.15, 0.2) is 48.5 Å². The molecule has 2 amide bonds. The highest BCUT2D eigenvalue weighted by atomic mass is 19.3. The molecule has 26 heavy (non-hydrogen) atoms. The minimum Gasteiger partial charge on any atom is -0.484 e. The summed E-state index contributed by atoms with van der Waals surface area (Å²) in [5, 5.41) is 0. The van der Waals surface area contributed by atoms with Crippen molar-refractivity contribution in [3.8, 4) is 11.5 Å². The smallest absolute Gasteiger partial charge is 0.387 e. The van der Waals surface area contributed by atoms with Crippen molar-refractivity contribution in [2.45, 2.75) is 13.2 Å². The summed E-state index contributed by atoms with van der Waals surface area (Å²) < 4.78 is 33.9. The molecule has 0 aliphatic heterocycles. The predicted molar refractivity (Wildman–Crippen MR) is 90.0 cm³/mol. The van der Waals surface area contributed by atoms with E-state index < -0.39 is 12.5 Å². The number of carbonyl (C=O) groups is 2. The van der Waals surface area contributed by atoms with E-state index in [0.717, 1.165) is 5.56 Å². The quantitative estimate of drug-likeness (QED) is 0.780. The molecule has 2 N–H and O–H groups in total. The molecule has 0 spiro atoms. The summed E-state index contributed by atoms with van der Waals surface area (Å²) in [7, 11) is 1.60. The maximum atomic E-state index is 12.1. The minimum absolute atomic E-state index is 0.0560. The van der Waals surface area contributed by atoms with Gasteiger partial charge < -0.3 is 20.1 Å². The average molecular weight is 364 g/mol. The monoisotopic (exact) mass is 364 g/mol. The second-order valence-electron chi connectivity index (χ2n) is 5.45. The number of ether oxygens (including phenoxy) is 2. The van der Waals surface area contributed by atoms with Crippen LogP contribution in [0.1, 0.15) is 15.9 Å². The molecule has 0 atom stereocenters. The van der Waals surface area contributed by atoms with Crippen molar-refractivity contribution in [3.63, 3.8) is 0 Å². The first-order chi connectivity index (χ1) is 12.3. The number of hydrogen-bond donors (Lipinski definition) is 1. The van der Waals surface area contributed by atoms with E-state index in [1.54, 1.807) is 31.3 Å². The van der Waals surface area contributed by atoms with Crippen LogP contribution in [-0.4, -0.2) is 37.0 Å². The molecule has 2 aromatic carbocycles. The van der Waals surface area contributed by atoms with Gasteiger partial charge >= 0.3 is 6.61 Å². The first kappa shape index (κ1) is 19.2. The zero-order chi connectivity index (χ0) is 19.1. The Hall–Kier alpha value is -3.16. The number of nitrogens with zero attached hydrogens (tertiary/aromatic N) is 1. The van der Waals surface area contributed by atoms with Gasteiger partial charge in [-0.2, -0.15) is 8.78 Å². The van der Waals surface area contributed by atoms with E-state index in [0.29, 0.717) is 11.3 Å². The predicted octanol–water partition coefficient (Wildman–Crippen LogP) is 2.42. The van der Waals surface area contributed by atoms with Gasteiger partial charge in [0.2, 0.25) is 5.91 Å². The topological polar surface area (TPSA) is 81.9 Å². The lowest BCUT2D eigenvalue weighted by molar-refractivity contribution is -0.132. The summed E-state index contributed by atoms with van der Waals surface area (Å²) >= 11 is 0. The molecule has 0 unspecified atom stereocenters. The van der Waals surface area contributed by atoms with Crippen molar-refractivity contribution in [3.05, 3.63) is 59.7 Å². The number of alkyl halides is 2. The lowest BCUT2D eigenvalue weighted by Gasteiger charge is -2.18. The van der Waals surface area contributed by atoms with Crippen molar-refractivity contribution in [2.24, 2.45) is 5.73 Å². The summed E-state index contributed by atoms with van der Waals surface area (Å²) in [6, 6.07) is 12.1. The fourth-order valence-electron chi connectivity index (χ4n) is 2.11. The van der Waals surface area contributed by atoms with E-state index >= 15 is 0 Å². The standard InChI is InChI=1S/C18H18F2N2O4/c1-22(10-12-2-6-15(7-3-12)26-18(19)20)16(23)11-25-14-8-4-13(5-9-14)17(21)24/h2-9,18H,10-11H2,1H3,(H2,21,24). The summed E-state index contributed by atoms with van der Waals surface area (Å²) in [6.07, 6.45) is 0. The Kier molecular flexibility index (Phi) is 6.48. The number of carbonyl (C=O) groups excluding carboxylic acids is 2. The van der Waals surface area contributed by atoms with E-state index in [-0.39, 0.29) is 24.8 Å². The Bertz CT molecular complexity index is 749. The van der Waals surface area contributed by atoms with Crippen LogP contribution in [0.25, 0.3) is 0 Å². The highest BCUT2D eigenvalue weighted by Gasteiger charge is 2.11. The molecule has 0 aliphatic carbocycles. The summed E-state index contributed by atoms with van der Waals surface area (Å²) in [4.78, 5) is 24.5. The van der Waals surface area contributed by atoms with Gasteiger partial charge in [-0.05, 0) is 42.0 Å². The van der Waals surface area contributed by atoms with Crippen LogP contribution in [0.3, 0.4) is 0 Å². The van der Waals surface area contributed by atoms with Crippen LogP contribution in [0.5, 0.6) is 11.5 Å². The van der Waals surface area contributed by atoms with Crippen molar-refractivity contribution < 1.29 is 27.8 Å². The lowest BCUT2D eigenvalue weighted by Crippen LogP contribution is -2.30. The van der Waals surface area contributed by atoms with Crippen molar-refractivity contribution in [2.75, 3.05) is 13.7 Å². The molecule has 0 heterocycles. The number of nitrogens with two attached hydrogens (primary N) is 1. The molecule has 2 aromatic rings. The van der Waals surface area contributed by atoms with Crippen LogP contribution >= 0.6 is 0 Å². The first-order valence-electron chi connectivity index (χ1n) is 7.65. The Morgan fingerprint density at radius 2 is 1.62 bits per heavy atom. The van der Waals surface area contributed by atoms with Crippen LogP contribution in [0.4, 0.5) is 8.78 Å². The molecule has 0 saturated carbocycles. The van der Waals surface area contributed by atoms with Gasteiger partial charge in [0.15, 0.2) is 6.61 Å². The third-order valence-corrected chi connectivity index (χ3v) is 3.50. The van der Waals surface area contributed by atoms with E-state index in [2.05, 4.69) is 4.74 Å². The Labute approximate surface area is 149 Å². The van der Waals surface area contributed by atoms with E-state index in [1.807, 2.05) is 0 Å². The first-order valence-corrected chi connectivity index (χ1v) is 7.65. The second-order valence-corrected chi connectivity index (χ2v) is 5.45.